The molecule has 0 saturated carbocycles. The predicted molar refractivity (Wildman–Crippen MR) is 330 cm³/mol. The molecule has 4 aromatic carbocycles. The molecule has 0 radical (unpaired) electrons. The van der Waals surface area contributed by atoms with Crippen LogP contribution in [0.25, 0.3) is 0 Å². The van der Waals surface area contributed by atoms with Crippen molar-refractivity contribution in [2.75, 3.05) is 42.6 Å². The number of carboxylic acids is 1. The van der Waals surface area contributed by atoms with Crippen molar-refractivity contribution in [3.63, 3.8) is 0 Å². The normalized spacial score (nSPS) is 22.6. The van der Waals surface area contributed by atoms with Crippen LogP contribution in [0, 0.1) is 5.41 Å². The number of fused-ring (bicyclic) bond motifs is 11. The van der Waals surface area contributed by atoms with Crippen molar-refractivity contribution in [3.05, 3.63) is 118 Å². The van der Waals surface area contributed by atoms with Crippen molar-refractivity contribution >= 4 is 104 Å². The number of nitrogens with one attached hydrogen (secondary N) is 11. The fourth-order valence-electron chi connectivity index (χ4n) is 10.3. The molecule has 2 fully saturated rings. The second kappa shape index (κ2) is 30.8. The summed E-state index contributed by atoms with van der Waals surface area (Å²) >= 11 is 1.12. The fraction of sp³-hybridized carbons (Fsp3) is 0.390. The Balaban J connectivity index is 1.02. The van der Waals surface area contributed by atoms with Gasteiger partial charge < -0.3 is 83.7 Å². The quantitative estimate of drug-likeness (QED) is 0.0264. The number of thioether (sulfide) groups is 1. The molecular formula is C59H68N12O16S3. The lowest BCUT2D eigenvalue weighted by Gasteiger charge is -2.36. The smallest absolute Gasteiger partial charge is 0.340 e. The number of phenols is 2. The molecule has 4 aliphatic heterocycles. The molecule has 2 bridgehead atoms. The molecule has 7 atom stereocenters. The van der Waals surface area contributed by atoms with Crippen molar-refractivity contribution in [2.45, 2.75) is 99.8 Å². The lowest BCUT2D eigenvalue weighted by molar-refractivity contribution is -0.141. The third-order valence-corrected chi connectivity index (χ3v) is 18.3. The monoisotopic (exact) mass is 1300 g/mol. The molecule has 31 heteroatoms. The van der Waals surface area contributed by atoms with E-state index >= 15 is 0 Å². The summed E-state index contributed by atoms with van der Waals surface area (Å²) < 4.78 is 12.2. The first-order valence-corrected chi connectivity index (χ1v) is 32.3. The lowest BCUT2D eigenvalue weighted by atomic mass is 9.77. The van der Waals surface area contributed by atoms with Crippen LogP contribution in [0.1, 0.15) is 88.4 Å². The van der Waals surface area contributed by atoms with Crippen molar-refractivity contribution < 1.29 is 77.5 Å². The number of guanidine groups is 1. The molecule has 28 nitrogen and oxygen atoms in total. The summed E-state index contributed by atoms with van der Waals surface area (Å²) in [5.41, 5.74) is 5.72. The second-order valence-corrected chi connectivity index (χ2v) is 25.1. The maximum absolute atomic E-state index is 14.5. The van der Waals surface area contributed by atoms with E-state index in [4.69, 9.17) is 20.6 Å². The van der Waals surface area contributed by atoms with Crippen molar-refractivity contribution in [1.82, 2.24) is 53.2 Å². The van der Waals surface area contributed by atoms with Crippen LogP contribution in [-0.4, -0.2) is 171 Å². The van der Waals surface area contributed by atoms with Gasteiger partial charge in [0.2, 0.25) is 47.3 Å². The largest absolute Gasteiger partial charge is 0.508 e. The number of hydrogen-bond donors (Lipinski definition) is 15. The van der Waals surface area contributed by atoms with Crippen molar-refractivity contribution in [3.8, 4) is 23.0 Å². The molecule has 0 aliphatic carbocycles. The Morgan fingerprint density at radius 2 is 1.22 bits per heavy atom. The number of unbranched alkanes of at least 4 members (excludes halogenated alkanes) is 1. The highest BCUT2D eigenvalue weighted by Crippen LogP contribution is 2.57. The van der Waals surface area contributed by atoms with Gasteiger partial charge in [0.25, 0.3) is 5.91 Å². The van der Waals surface area contributed by atoms with Gasteiger partial charge in [0.1, 0.15) is 59.2 Å². The molecular weight excluding hydrogens is 1230 g/mol. The van der Waals surface area contributed by atoms with Gasteiger partial charge >= 0.3 is 11.9 Å². The fourth-order valence-corrected chi connectivity index (χ4v) is 13.5. The highest BCUT2D eigenvalue weighted by molar-refractivity contribution is 8.76. The van der Waals surface area contributed by atoms with Gasteiger partial charge in [-0.2, -0.15) is 0 Å². The number of hydrogen-bond acceptors (Lipinski definition) is 19. The van der Waals surface area contributed by atoms with E-state index in [0.29, 0.717) is 22.3 Å². The minimum absolute atomic E-state index is 0.0221. The van der Waals surface area contributed by atoms with E-state index < -0.39 is 126 Å². The van der Waals surface area contributed by atoms with Crippen LogP contribution in [-0.2, 0) is 59.9 Å². The summed E-state index contributed by atoms with van der Waals surface area (Å²) in [6, 6.07) is 12.1. The second-order valence-electron chi connectivity index (χ2n) is 21.5. The average molecular weight is 1300 g/mol. The number of nitrogens with two attached hydrogens (primary N) is 1. The zero-order valence-corrected chi connectivity index (χ0v) is 50.9. The van der Waals surface area contributed by atoms with E-state index in [1.165, 1.54) is 54.6 Å². The Morgan fingerprint density at radius 1 is 0.633 bits per heavy atom. The third-order valence-electron chi connectivity index (χ3n) is 14.7. The lowest BCUT2D eigenvalue weighted by Crippen LogP contribution is -2.60. The average Bonchev–Trinajstić information content (AvgIpc) is 1.52. The number of phenolic OH excluding ortho intramolecular Hbond substituents is 2. The van der Waals surface area contributed by atoms with Crippen LogP contribution in [0.5, 0.6) is 23.0 Å². The summed E-state index contributed by atoms with van der Waals surface area (Å²) in [4.78, 5) is 152. The van der Waals surface area contributed by atoms with Crippen molar-refractivity contribution in [2.24, 2.45) is 5.73 Å². The van der Waals surface area contributed by atoms with E-state index in [2.05, 4.69) is 53.2 Å². The minimum atomic E-state index is -1.79. The molecule has 478 valence electrons. The third kappa shape index (κ3) is 17.3. The molecule has 2 saturated heterocycles. The Bertz CT molecular complexity index is 3380. The van der Waals surface area contributed by atoms with Crippen LogP contribution in [0.2, 0.25) is 0 Å². The predicted octanol–water partition coefficient (Wildman–Crippen LogP) is 0.218. The van der Waals surface area contributed by atoms with Crippen LogP contribution in [0.3, 0.4) is 0 Å². The highest BCUT2D eigenvalue weighted by atomic mass is 33.1. The SMILES string of the molecule is C[C@@H]1CSCC(=O)N[C@@H](CCCCNC(=O)c2ccc3c(c2)C2(OC3=O)c3ccc(O)cc3Oc3cc(O)ccc32)C(=O)N[C@H]2CSSC[C@H](NC(=O)[C@H](Cc3ccccc3)NC(=O)[C@H](CC(=O)O)NC(=O)CNC2=O)C(=O)N[C@@H](CCCNC(=N)N)C(=O)N1. The minimum Gasteiger partial charge on any atom is -0.508 e. The maximum Gasteiger partial charge on any atom is 0.340 e. The maximum atomic E-state index is 14.5. The topological polar surface area (TPSA) is 437 Å². The summed E-state index contributed by atoms with van der Waals surface area (Å²) in [6.45, 7) is 1.07. The van der Waals surface area contributed by atoms with E-state index in [1.807, 2.05) is 0 Å². The van der Waals surface area contributed by atoms with Gasteiger partial charge in [-0.05, 0) is 87.1 Å². The zero-order valence-electron chi connectivity index (χ0n) is 48.5. The Kier molecular flexibility index (Phi) is 22.8. The first-order chi connectivity index (χ1) is 43.1. The highest BCUT2D eigenvalue weighted by Gasteiger charge is 2.54. The van der Waals surface area contributed by atoms with E-state index in [1.54, 1.807) is 37.3 Å². The van der Waals surface area contributed by atoms with Crippen LogP contribution in [0.4, 0.5) is 0 Å². The number of aliphatic carboxylic acids is 1. The standard InChI is InChI=1S/C59H68N12O16S3/c1-30-26-88-29-48(75)66-39(10-5-6-18-62-50(78)32-12-15-35-38(21-32)59(87-57(35)85)36-16-13-33(72)22-45(36)86-46-23-34(73)14-17-37(46)59)53(81)70-43-27-89-90-28-44(56(84)68-40(52(80)65-30)11-7-19-63-58(60)61)71-54(82)41(20-31-8-3-2-4-9-31)69-55(83)42(24-49(76)77)67-47(74)25-64-51(43)79/h2-4,8-9,12-17,21-23,30,39-44,72-73H,5-7,10-11,18-20,24-29H2,1H3,(H,62,78)(H,64,79)(H,65,80)(H,66,75)(H,67,74)(H,68,84)(H,69,83)(H,70,81)(H,71,82)(H,76,77)(H4,60,61,63)/t30-,39+,40+,41+,42+,43+,44+/m1/s1. The molecule has 16 N–H and O–H groups in total. The van der Waals surface area contributed by atoms with E-state index in [0.717, 1.165) is 33.3 Å². The number of carbonyl (C=O) groups is 11. The van der Waals surface area contributed by atoms with Crippen LogP contribution < -0.4 is 63.6 Å². The molecule has 8 rings (SSSR count). The summed E-state index contributed by atoms with van der Waals surface area (Å²) in [5.74, 6) is -10.3. The summed E-state index contributed by atoms with van der Waals surface area (Å²) in [7, 11) is 1.97. The molecule has 4 heterocycles. The van der Waals surface area contributed by atoms with E-state index in [-0.39, 0.29) is 115 Å². The van der Waals surface area contributed by atoms with Gasteiger partial charge in [0.05, 0.1) is 24.3 Å². The molecule has 0 unspecified atom stereocenters. The Labute approximate surface area is 527 Å². The number of ether oxygens (including phenoxy) is 2. The number of carboxylic acid groups (broad SMARTS) is 1. The Hall–Kier alpha value is -9.23. The molecule has 90 heavy (non-hydrogen) atoms. The molecule has 9 amide bonds. The number of aromatic hydroxyl groups is 2. The number of rotatable bonds is 14. The molecule has 1 spiro atoms. The van der Waals surface area contributed by atoms with Gasteiger partial charge in [0, 0.05) is 77.2 Å². The van der Waals surface area contributed by atoms with Gasteiger partial charge in [0.15, 0.2) is 11.6 Å². The first kappa shape index (κ1) is 66.7. The van der Waals surface area contributed by atoms with Crippen LogP contribution in [0.15, 0.2) is 84.9 Å². The Morgan fingerprint density at radius 3 is 1.89 bits per heavy atom. The van der Waals surface area contributed by atoms with Crippen molar-refractivity contribution in [1.29, 1.82) is 5.41 Å². The first-order valence-electron chi connectivity index (χ1n) is 28.6. The zero-order chi connectivity index (χ0) is 64.6. The molecule has 0 aromatic heterocycles. The number of esters is 1. The number of carbonyl (C=O) groups excluding carboxylic acids is 10. The molecule has 4 aromatic rings. The number of benzene rings is 4. The summed E-state index contributed by atoms with van der Waals surface area (Å²) in [6.07, 6.45) is -0.443. The van der Waals surface area contributed by atoms with Gasteiger partial charge in [-0.25, -0.2) is 4.79 Å². The molecule has 4 aliphatic rings. The van der Waals surface area contributed by atoms with Gasteiger partial charge in [-0.3, -0.25) is 53.4 Å². The van der Waals surface area contributed by atoms with Gasteiger partial charge in [-0.15, -0.1) is 11.8 Å². The van der Waals surface area contributed by atoms with E-state index in [9.17, 15) is 68.1 Å². The number of amides is 9. The van der Waals surface area contributed by atoms with Gasteiger partial charge in [-0.1, -0.05) is 51.9 Å². The summed E-state index contributed by atoms with van der Waals surface area (Å²) in [5, 5.41) is 64.4. The van der Waals surface area contributed by atoms with Crippen LogP contribution >= 0.6 is 33.3 Å².